The molecule has 0 radical (unpaired) electrons. The van der Waals surface area contributed by atoms with Gasteiger partial charge in [-0.25, -0.2) is 18.4 Å². The highest BCUT2D eigenvalue weighted by Gasteiger charge is 2.09. The zero-order valence-corrected chi connectivity index (χ0v) is 12.8. The van der Waals surface area contributed by atoms with Crippen molar-refractivity contribution in [3.8, 4) is 11.3 Å². The van der Waals surface area contributed by atoms with E-state index in [2.05, 4.69) is 9.97 Å². The molecule has 0 spiro atoms. The SMILES string of the molecule is CS(=O)(=O)c1ccc(-c2ccc3nc(Cl)sc3n2)cc1. The Morgan fingerprint density at radius 3 is 2.40 bits per heavy atom. The van der Waals surface area contributed by atoms with Crippen LogP contribution in [0.2, 0.25) is 4.47 Å². The van der Waals surface area contributed by atoms with Crippen molar-refractivity contribution < 1.29 is 8.42 Å². The molecule has 0 saturated carbocycles. The summed E-state index contributed by atoms with van der Waals surface area (Å²) >= 11 is 7.17. The van der Waals surface area contributed by atoms with Crippen molar-refractivity contribution in [3.05, 3.63) is 40.9 Å². The number of halogens is 1. The molecule has 4 nitrogen and oxygen atoms in total. The van der Waals surface area contributed by atoms with Crippen LogP contribution in [0.3, 0.4) is 0 Å². The zero-order valence-electron chi connectivity index (χ0n) is 10.4. The molecule has 0 amide bonds. The number of hydrogen-bond donors (Lipinski definition) is 0. The lowest BCUT2D eigenvalue weighted by molar-refractivity contribution is 0.602. The Morgan fingerprint density at radius 1 is 1.05 bits per heavy atom. The highest BCUT2D eigenvalue weighted by atomic mass is 35.5. The quantitative estimate of drug-likeness (QED) is 0.724. The Labute approximate surface area is 125 Å². The van der Waals surface area contributed by atoms with Crippen LogP contribution in [-0.2, 0) is 9.84 Å². The van der Waals surface area contributed by atoms with Crippen molar-refractivity contribution in [2.24, 2.45) is 0 Å². The maximum absolute atomic E-state index is 11.4. The Bertz CT molecular complexity index is 886. The molecule has 0 aliphatic rings. The van der Waals surface area contributed by atoms with Crippen LogP contribution in [0.4, 0.5) is 0 Å². The number of hydrogen-bond acceptors (Lipinski definition) is 5. The standard InChI is InChI=1S/C13H9ClN2O2S2/c1-20(17,18)9-4-2-8(3-5-9)10-6-7-11-12(15-10)19-13(14)16-11/h2-7H,1H3. The summed E-state index contributed by atoms with van der Waals surface area (Å²) in [5, 5.41) is 0. The number of sulfone groups is 1. The van der Waals surface area contributed by atoms with Crippen molar-refractivity contribution in [2.75, 3.05) is 6.26 Å². The fraction of sp³-hybridized carbons (Fsp3) is 0.0769. The maximum atomic E-state index is 11.4. The summed E-state index contributed by atoms with van der Waals surface area (Å²) < 4.78 is 23.3. The molecule has 0 bridgehead atoms. The predicted molar refractivity (Wildman–Crippen MR) is 81.0 cm³/mol. The average molecular weight is 325 g/mol. The molecular weight excluding hydrogens is 316 g/mol. The van der Waals surface area contributed by atoms with Gasteiger partial charge in [-0.3, -0.25) is 0 Å². The van der Waals surface area contributed by atoms with Crippen molar-refractivity contribution >= 4 is 43.1 Å². The molecule has 2 aromatic heterocycles. The van der Waals surface area contributed by atoms with E-state index in [1.807, 2.05) is 12.1 Å². The van der Waals surface area contributed by atoms with Crippen LogP contribution in [0.25, 0.3) is 21.6 Å². The van der Waals surface area contributed by atoms with Gasteiger partial charge in [0.2, 0.25) is 0 Å². The molecule has 20 heavy (non-hydrogen) atoms. The molecule has 102 valence electrons. The monoisotopic (exact) mass is 324 g/mol. The minimum absolute atomic E-state index is 0.295. The van der Waals surface area contributed by atoms with Gasteiger partial charge in [0.05, 0.1) is 10.6 Å². The fourth-order valence-electron chi connectivity index (χ4n) is 1.82. The average Bonchev–Trinajstić information content (AvgIpc) is 2.77. The van der Waals surface area contributed by atoms with Gasteiger partial charge in [0.25, 0.3) is 0 Å². The number of aromatic nitrogens is 2. The van der Waals surface area contributed by atoms with Crippen molar-refractivity contribution in [2.45, 2.75) is 4.90 Å². The summed E-state index contributed by atoms with van der Waals surface area (Å²) in [4.78, 5) is 9.67. The predicted octanol–water partition coefficient (Wildman–Crippen LogP) is 3.42. The fourth-order valence-corrected chi connectivity index (χ4v) is 3.43. The summed E-state index contributed by atoms with van der Waals surface area (Å²) in [5.74, 6) is 0. The molecule has 0 aliphatic carbocycles. The molecule has 0 atom stereocenters. The minimum atomic E-state index is -3.18. The van der Waals surface area contributed by atoms with Crippen molar-refractivity contribution in [1.82, 2.24) is 9.97 Å². The lowest BCUT2D eigenvalue weighted by atomic mass is 10.1. The van der Waals surface area contributed by atoms with Crippen LogP contribution in [0, 0.1) is 0 Å². The second kappa shape index (κ2) is 4.80. The van der Waals surface area contributed by atoms with Crippen LogP contribution in [0.1, 0.15) is 0 Å². The third-order valence-corrected chi connectivity index (χ3v) is 5.01. The number of pyridine rings is 1. The number of benzene rings is 1. The lowest BCUT2D eigenvalue weighted by Crippen LogP contribution is -1.96. The first-order valence-corrected chi connectivity index (χ1v) is 8.76. The third kappa shape index (κ3) is 2.54. The van der Waals surface area contributed by atoms with Gasteiger partial charge < -0.3 is 0 Å². The largest absolute Gasteiger partial charge is 0.235 e. The van der Waals surface area contributed by atoms with E-state index in [0.29, 0.717) is 9.36 Å². The van der Waals surface area contributed by atoms with Gasteiger partial charge >= 0.3 is 0 Å². The molecule has 1 aromatic carbocycles. The second-order valence-corrected chi connectivity index (χ2v) is 7.86. The molecule has 3 aromatic rings. The van der Waals surface area contributed by atoms with Gasteiger partial charge in [-0.05, 0) is 24.3 Å². The highest BCUT2D eigenvalue weighted by molar-refractivity contribution is 7.90. The summed E-state index contributed by atoms with van der Waals surface area (Å²) in [6.07, 6.45) is 1.19. The Morgan fingerprint density at radius 2 is 1.75 bits per heavy atom. The van der Waals surface area contributed by atoms with E-state index in [4.69, 9.17) is 11.6 Å². The highest BCUT2D eigenvalue weighted by Crippen LogP contribution is 2.27. The number of fused-ring (bicyclic) bond motifs is 1. The summed E-state index contributed by atoms with van der Waals surface area (Å²) in [5.41, 5.74) is 2.37. The zero-order chi connectivity index (χ0) is 14.3. The Balaban J connectivity index is 2.06. The van der Waals surface area contributed by atoms with Crippen LogP contribution in [0.5, 0.6) is 0 Å². The smallest absolute Gasteiger partial charge is 0.186 e. The van der Waals surface area contributed by atoms with E-state index in [1.165, 1.54) is 17.6 Å². The molecule has 0 saturated heterocycles. The van der Waals surface area contributed by atoms with E-state index >= 15 is 0 Å². The molecule has 0 unspecified atom stereocenters. The van der Waals surface area contributed by atoms with Gasteiger partial charge in [0.1, 0.15) is 10.3 Å². The Kier molecular flexibility index (Phi) is 3.24. The van der Waals surface area contributed by atoms with Gasteiger partial charge in [-0.15, -0.1) is 0 Å². The second-order valence-electron chi connectivity index (χ2n) is 4.28. The third-order valence-electron chi connectivity index (χ3n) is 2.81. The van der Waals surface area contributed by atoms with Crippen LogP contribution < -0.4 is 0 Å². The van der Waals surface area contributed by atoms with E-state index in [1.54, 1.807) is 24.3 Å². The molecule has 0 N–H and O–H groups in total. The first kappa shape index (κ1) is 13.5. The number of thiazole rings is 1. The van der Waals surface area contributed by atoms with Gasteiger partial charge in [-0.2, -0.15) is 0 Å². The van der Waals surface area contributed by atoms with Crippen molar-refractivity contribution in [1.29, 1.82) is 0 Å². The van der Waals surface area contributed by atoms with Crippen LogP contribution >= 0.6 is 22.9 Å². The first-order valence-electron chi connectivity index (χ1n) is 5.67. The first-order chi connectivity index (χ1) is 9.43. The van der Waals surface area contributed by atoms with E-state index < -0.39 is 9.84 Å². The van der Waals surface area contributed by atoms with Crippen LogP contribution in [-0.4, -0.2) is 24.6 Å². The number of rotatable bonds is 2. The lowest BCUT2D eigenvalue weighted by Gasteiger charge is -2.02. The van der Waals surface area contributed by atoms with Gasteiger partial charge in [0.15, 0.2) is 14.3 Å². The minimum Gasteiger partial charge on any atom is -0.235 e. The topological polar surface area (TPSA) is 59.9 Å². The number of nitrogens with zero attached hydrogens (tertiary/aromatic N) is 2. The molecule has 0 fully saturated rings. The maximum Gasteiger partial charge on any atom is 0.186 e. The van der Waals surface area contributed by atoms with E-state index in [-0.39, 0.29) is 0 Å². The Hall–Kier alpha value is -1.50. The molecule has 3 rings (SSSR count). The molecular formula is C13H9ClN2O2S2. The normalized spacial score (nSPS) is 11.9. The summed E-state index contributed by atoms with van der Waals surface area (Å²) in [6.45, 7) is 0. The molecule has 2 heterocycles. The summed E-state index contributed by atoms with van der Waals surface area (Å²) in [7, 11) is -3.18. The molecule has 7 heteroatoms. The van der Waals surface area contributed by atoms with Gasteiger partial charge in [0, 0.05) is 11.8 Å². The van der Waals surface area contributed by atoms with E-state index in [0.717, 1.165) is 21.6 Å². The molecule has 0 aliphatic heterocycles. The van der Waals surface area contributed by atoms with E-state index in [9.17, 15) is 8.42 Å². The van der Waals surface area contributed by atoms with Crippen LogP contribution in [0.15, 0.2) is 41.3 Å². The summed E-state index contributed by atoms with van der Waals surface area (Å²) in [6, 6.07) is 10.3. The van der Waals surface area contributed by atoms with Gasteiger partial charge in [-0.1, -0.05) is 35.1 Å². The van der Waals surface area contributed by atoms with Crippen molar-refractivity contribution in [3.63, 3.8) is 0 Å².